The molecule has 0 aliphatic carbocycles. The van der Waals surface area contributed by atoms with Gasteiger partial charge in [0.2, 0.25) is 0 Å². The Morgan fingerprint density at radius 3 is 2.09 bits per heavy atom. The number of benzene rings is 3. The average Bonchev–Trinajstić information content (AvgIpc) is 3.34. The fourth-order valence-corrected chi connectivity index (χ4v) is 3.53. The minimum absolute atomic E-state index is 0.303. The number of nitrogens with zero attached hydrogens (tertiary/aromatic N) is 1. The summed E-state index contributed by atoms with van der Waals surface area (Å²) in [5.74, 6) is -0.791. The van der Waals surface area contributed by atoms with Crippen molar-refractivity contribution >= 4 is 17.6 Å². The molecule has 0 spiro atoms. The summed E-state index contributed by atoms with van der Waals surface area (Å²) in [5.41, 5.74) is 3.16. The molecular formula is C28H26N2O3. The summed E-state index contributed by atoms with van der Waals surface area (Å²) in [6, 6.07) is 26.2. The highest BCUT2D eigenvalue weighted by Crippen LogP contribution is 2.32. The Bertz CT molecular complexity index is 1250. The second-order valence-electron chi connectivity index (χ2n) is 8.69. The largest absolute Gasteiger partial charge is 0.456 e. The number of ether oxygens (including phenoxy) is 1. The van der Waals surface area contributed by atoms with Crippen LogP contribution in [0.4, 0.5) is 5.69 Å². The molecule has 5 nitrogen and oxygen atoms in total. The normalized spacial score (nSPS) is 11.1. The Morgan fingerprint density at radius 1 is 0.788 bits per heavy atom. The van der Waals surface area contributed by atoms with E-state index in [1.807, 2.05) is 98.4 Å². The van der Waals surface area contributed by atoms with Crippen molar-refractivity contribution < 1.29 is 14.3 Å². The molecule has 1 aromatic heterocycles. The third-order valence-corrected chi connectivity index (χ3v) is 5.04. The van der Waals surface area contributed by atoms with Crippen LogP contribution in [0.2, 0.25) is 0 Å². The zero-order chi connectivity index (χ0) is 23.4. The molecule has 5 heteroatoms. The van der Waals surface area contributed by atoms with Gasteiger partial charge in [-0.05, 0) is 68.8 Å². The fourth-order valence-electron chi connectivity index (χ4n) is 3.53. The minimum Gasteiger partial charge on any atom is -0.456 e. The van der Waals surface area contributed by atoms with Crippen molar-refractivity contribution in [3.63, 3.8) is 0 Å². The van der Waals surface area contributed by atoms with Crippen molar-refractivity contribution in [2.24, 2.45) is 0 Å². The third kappa shape index (κ3) is 5.21. The van der Waals surface area contributed by atoms with Gasteiger partial charge in [0.15, 0.2) is 0 Å². The Labute approximate surface area is 193 Å². The maximum Gasteiger partial charge on any atom is 0.340 e. The van der Waals surface area contributed by atoms with Crippen molar-refractivity contribution in [3.8, 4) is 16.8 Å². The standard InChI is InChI=1S/C28H26N2O3/c1-28(2,3)33-27(32)24-13-9-12-23(20-10-5-4-6-11-20)25(24)29-26(31)21-14-16-22(17-15-21)30-18-7-8-19-30/h4-19H,1-3H3,(H,29,31). The molecule has 0 saturated heterocycles. The number of hydrogen-bond donors (Lipinski definition) is 1. The summed E-state index contributed by atoms with van der Waals surface area (Å²) >= 11 is 0. The van der Waals surface area contributed by atoms with E-state index in [-0.39, 0.29) is 5.91 Å². The molecule has 0 saturated carbocycles. The van der Waals surface area contributed by atoms with E-state index >= 15 is 0 Å². The van der Waals surface area contributed by atoms with Gasteiger partial charge in [0, 0.05) is 29.2 Å². The number of carbonyl (C=O) groups is 2. The number of nitrogens with one attached hydrogen (secondary N) is 1. The van der Waals surface area contributed by atoms with E-state index in [0.29, 0.717) is 16.8 Å². The molecule has 4 rings (SSSR count). The maximum absolute atomic E-state index is 13.2. The summed E-state index contributed by atoms with van der Waals surface area (Å²) in [6.07, 6.45) is 3.89. The van der Waals surface area contributed by atoms with Crippen LogP contribution in [0.25, 0.3) is 16.8 Å². The van der Waals surface area contributed by atoms with Gasteiger partial charge in [0.05, 0.1) is 11.3 Å². The van der Waals surface area contributed by atoms with Gasteiger partial charge in [-0.1, -0.05) is 42.5 Å². The number of aromatic nitrogens is 1. The molecule has 0 aliphatic heterocycles. The van der Waals surface area contributed by atoms with Crippen LogP contribution < -0.4 is 5.32 Å². The number of rotatable bonds is 5. The van der Waals surface area contributed by atoms with Crippen LogP contribution in [0.3, 0.4) is 0 Å². The Morgan fingerprint density at radius 2 is 1.45 bits per heavy atom. The molecular weight excluding hydrogens is 412 g/mol. The van der Waals surface area contributed by atoms with Gasteiger partial charge in [-0.25, -0.2) is 4.79 Å². The summed E-state index contributed by atoms with van der Waals surface area (Å²) in [6.45, 7) is 5.45. The van der Waals surface area contributed by atoms with Crippen LogP contribution in [0.1, 0.15) is 41.5 Å². The van der Waals surface area contributed by atoms with Gasteiger partial charge in [-0.2, -0.15) is 0 Å². The lowest BCUT2D eigenvalue weighted by Gasteiger charge is -2.22. The third-order valence-electron chi connectivity index (χ3n) is 5.04. The molecule has 1 amide bonds. The number of carbonyl (C=O) groups excluding carboxylic acids is 2. The molecule has 0 unspecified atom stereocenters. The van der Waals surface area contributed by atoms with E-state index in [1.165, 1.54) is 0 Å². The Balaban J connectivity index is 1.70. The van der Waals surface area contributed by atoms with Gasteiger partial charge in [-0.15, -0.1) is 0 Å². The van der Waals surface area contributed by atoms with Gasteiger partial charge in [0.1, 0.15) is 5.60 Å². The number of hydrogen-bond acceptors (Lipinski definition) is 3. The number of anilines is 1. The highest BCUT2D eigenvalue weighted by molar-refractivity contribution is 6.11. The van der Waals surface area contributed by atoms with E-state index in [2.05, 4.69) is 5.32 Å². The average molecular weight is 439 g/mol. The Hall–Kier alpha value is -4.12. The van der Waals surface area contributed by atoms with Crippen LogP contribution in [0.5, 0.6) is 0 Å². The van der Waals surface area contributed by atoms with Crippen LogP contribution >= 0.6 is 0 Å². The van der Waals surface area contributed by atoms with E-state index < -0.39 is 11.6 Å². The predicted molar refractivity (Wildman–Crippen MR) is 131 cm³/mol. The first kappa shape index (κ1) is 22.1. The van der Waals surface area contributed by atoms with Crippen LogP contribution in [0.15, 0.2) is 97.3 Å². The molecule has 0 bridgehead atoms. The Kier molecular flexibility index (Phi) is 6.13. The number of esters is 1. The van der Waals surface area contributed by atoms with E-state index in [9.17, 15) is 9.59 Å². The molecule has 0 fully saturated rings. The van der Waals surface area contributed by atoms with Gasteiger partial charge < -0.3 is 14.6 Å². The fraction of sp³-hybridized carbons (Fsp3) is 0.143. The lowest BCUT2D eigenvalue weighted by atomic mass is 9.99. The molecule has 1 heterocycles. The molecule has 4 aromatic rings. The molecule has 3 aromatic carbocycles. The highest BCUT2D eigenvalue weighted by Gasteiger charge is 2.23. The highest BCUT2D eigenvalue weighted by atomic mass is 16.6. The number of amides is 1. The predicted octanol–water partition coefficient (Wildman–Crippen LogP) is 6.35. The van der Waals surface area contributed by atoms with Gasteiger partial charge in [0.25, 0.3) is 5.91 Å². The van der Waals surface area contributed by atoms with E-state index in [4.69, 9.17) is 4.74 Å². The van der Waals surface area contributed by atoms with Crippen LogP contribution in [-0.2, 0) is 4.74 Å². The first-order valence-electron chi connectivity index (χ1n) is 10.8. The van der Waals surface area contributed by atoms with E-state index in [0.717, 1.165) is 16.8 Å². The minimum atomic E-state index is -0.657. The van der Waals surface area contributed by atoms with Crippen molar-refractivity contribution in [1.29, 1.82) is 0 Å². The summed E-state index contributed by atoms with van der Waals surface area (Å²) in [4.78, 5) is 26.2. The molecule has 0 atom stereocenters. The van der Waals surface area contributed by atoms with Gasteiger partial charge in [-0.3, -0.25) is 4.79 Å². The maximum atomic E-state index is 13.2. The lowest BCUT2D eigenvalue weighted by Crippen LogP contribution is -2.25. The van der Waals surface area contributed by atoms with Crippen LogP contribution in [-0.4, -0.2) is 22.0 Å². The molecule has 1 N–H and O–H groups in total. The van der Waals surface area contributed by atoms with Crippen molar-refractivity contribution in [1.82, 2.24) is 4.57 Å². The van der Waals surface area contributed by atoms with E-state index in [1.54, 1.807) is 24.3 Å². The topological polar surface area (TPSA) is 60.3 Å². The molecule has 166 valence electrons. The summed E-state index contributed by atoms with van der Waals surface area (Å²) in [5, 5.41) is 2.97. The van der Waals surface area contributed by atoms with Crippen LogP contribution in [0, 0.1) is 0 Å². The molecule has 0 aliphatic rings. The monoisotopic (exact) mass is 438 g/mol. The summed E-state index contributed by atoms with van der Waals surface area (Å²) < 4.78 is 7.57. The zero-order valence-electron chi connectivity index (χ0n) is 18.9. The SMILES string of the molecule is CC(C)(C)OC(=O)c1cccc(-c2ccccc2)c1NC(=O)c1ccc(-n2cccc2)cc1. The smallest absolute Gasteiger partial charge is 0.340 e. The molecule has 33 heavy (non-hydrogen) atoms. The lowest BCUT2D eigenvalue weighted by molar-refractivity contribution is 0.00708. The summed E-state index contributed by atoms with van der Waals surface area (Å²) in [7, 11) is 0. The zero-order valence-corrected chi connectivity index (χ0v) is 18.9. The van der Waals surface area contributed by atoms with Gasteiger partial charge >= 0.3 is 5.97 Å². The first-order valence-corrected chi connectivity index (χ1v) is 10.8. The number of para-hydroxylation sites is 1. The second kappa shape index (κ2) is 9.17. The van der Waals surface area contributed by atoms with Crippen molar-refractivity contribution in [3.05, 3.63) is 108 Å². The van der Waals surface area contributed by atoms with Crippen molar-refractivity contribution in [2.75, 3.05) is 5.32 Å². The quantitative estimate of drug-likeness (QED) is 0.369. The first-order chi connectivity index (χ1) is 15.8. The van der Waals surface area contributed by atoms with Crippen molar-refractivity contribution in [2.45, 2.75) is 26.4 Å². The molecule has 0 radical (unpaired) electrons. The second-order valence-corrected chi connectivity index (χ2v) is 8.69.